The van der Waals surface area contributed by atoms with E-state index in [-0.39, 0.29) is 11.7 Å². The van der Waals surface area contributed by atoms with E-state index in [4.69, 9.17) is 0 Å². The third-order valence-electron chi connectivity index (χ3n) is 3.38. The Kier molecular flexibility index (Phi) is 5.42. The molecule has 0 saturated heterocycles. The highest BCUT2D eigenvalue weighted by Crippen LogP contribution is 2.25. The molecule has 0 radical (unpaired) electrons. The van der Waals surface area contributed by atoms with Crippen LogP contribution >= 0.6 is 11.8 Å². The fourth-order valence-corrected chi connectivity index (χ4v) is 3.00. The van der Waals surface area contributed by atoms with E-state index in [0.717, 1.165) is 23.3 Å². The SMILES string of the molecule is CCSc1ccc(C(=O)C(CC)c2ccccc2)cc1. The minimum Gasteiger partial charge on any atom is -0.293 e. The molecule has 0 aliphatic carbocycles. The average molecular weight is 284 g/mol. The first-order chi connectivity index (χ1) is 9.76. The molecule has 2 heteroatoms. The van der Waals surface area contributed by atoms with Gasteiger partial charge in [-0.05, 0) is 29.9 Å². The molecule has 0 heterocycles. The quantitative estimate of drug-likeness (QED) is 0.537. The molecule has 0 aliphatic heterocycles. The summed E-state index contributed by atoms with van der Waals surface area (Å²) in [6, 6.07) is 18.0. The maximum absolute atomic E-state index is 12.6. The van der Waals surface area contributed by atoms with Crippen molar-refractivity contribution >= 4 is 17.5 Å². The van der Waals surface area contributed by atoms with Crippen LogP contribution in [-0.4, -0.2) is 11.5 Å². The molecule has 2 aromatic carbocycles. The van der Waals surface area contributed by atoms with Crippen LogP contribution in [0.25, 0.3) is 0 Å². The Balaban J connectivity index is 2.20. The van der Waals surface area contributed by atoms with Crippen molar-refractivity contribution in [3.05, 3.63) is 65.7 Å². The Morgan fingerprint density at radius 3 is 2.20 bits per heavy atom. The van der Waals surface area contributed by atoms with Crippen molar-refractivity contribution in [1.29, 1.82) is 0 Å². The summed E-state index contributed by atoms with van der Waals surface area (Å²) in [6.45, 7) is 4.20. The smallest absolute Gasteiger partial charge is 0.170 e. The minimum absolute atomic E-state index is 0.0409. The van der Waals surface area contributed by atoms with Crippen molar-refractivity contribution in [1.82, 2.24) is 0 Å². The predicted octanol–water partition coefficient (Wildman–Crippen LogP) is 5.18. The van der Waals surface area contributed by atoms with Gasteiger partial charge >= 0.3 is 0 Å². The van der Waals surface area contributed by atoms with Gasteiger partial charge in [0.05, 0.1) is 0 Å². The molecule has 0 N–H and O–H groups in total. The number of Topliss-reactive ketones (excluding diaryl/α,β-unsaturated/α-hetero) is 1. The van der Waals surface area contributed by atoms with Gasteiger partial charge in [0, 0.05) is 16.4 Å². The lowest BCUT2D eigenvalue weighted by Gasteiger charge is -2.14. The van der Waals surface area contributed by atoms with Crippen LogP contribution in [-0.2, 0) is 0 Å². The molecule has 0 aliphatic rings. The highest BCUT2D eigenvalue weighted by Gasteiger charge is 2.19. The summed E-state index contributed by atoms with van der Waals surface area (Å²) in [7, 11) is 0. The van der Waals surface area contributed by atoms with E-state index in [2.05, 4.69) is 13.8 Å². The first-order valence-corrected chi connectivity index (χ1v) is 8.06. The first-order valence-electron chi connectivity index (χ1n) is 7.08. The van der Waals surface area contributed by atoms with E-state index in [1.165, 1.54) is 4.90 Å². The van der Waals surface area contributed by atoms with Crippen LogP contribution in [0.15, 0.2) is 59.5 Å². The average Bonchev–Trinajstić information content (AvgIpc) is 2.50. The Bertz CT molecular complexity index is 545. The summed E-state index contributed by atoms with van der Waals surface area (Å²) in [5.41, 5.74) is 1.91. The first kappa shape index (κ1) is 14.9. The minimum atomic E-state index is -0.0409. The molecule has 2 aromatic rings. The van der Waals surface area contributed by atoms with Crippen molar-refractivity contribution in [2.45, 2.75) is 31.1 Å². The van der Waals surface area contributed by atoms with Crippen LogP contribution in [0, 0.1) is 0 Å². The normalized spacial score (nSPS) is 12.1. The molecule has 1 atom stereocenters. The Labute approximate surface area is 125 Å². The number of hydrogen-bond acceptors (Lipinski definition) is 2. The number of carbonyl (C=O) groups is 1. The largest absolute Gasteiger partial charge is 0.293 e. The van der Waals surface area contributed by atoms with Gasteiger partial charge in [0.1, 0.15) is 0 Å². The molecule has 0 amide bonds. The lowest BCUT2D eigenvalue weighted by Crippen LogP contribution is -2.12. The standard InChI is InChI=1S/C18H20OS/c1-3-17(14-8-6-5-7-9-14)18(19)15-10-12-16(13-11-15)20-4-2/h5-13,17H,3-4H2,1-2H3. The fourth-order valence-electron chi connectivity index (χ4n) is 2.34. The molecule has 2 rings (SSSR count). The third-order valence-corrected chi connectivity index (χ3v) is 4.27. The maximum Gasteiger partial charge on any atom is 0.170 e. The predicted molar refractivity (Wildman–Crippen MR) is 86.6 cm³/mol. The van der Waals surface area contributed by atoms with E-state index < -0.39 is 0 Å². The molecule has 0 fully saturated rings. The summed E-state index contributed by atoms with van der Waals surface area (Å²) in [4.78, 5) is 13.9. The van der Waals surface area contributed by atoms with Crippen LogP contribution in [0.3, 0.4) is 0 Å². The highest BCUT2D eigenvalue weighted by atomic mass is 32.2. The van der Waals surface area contributed by atoms with Gasteiger partial charge in [-0.25, -0.2) is 0 Å². The van der Waals surface area contributed by atoms with Gasteiger partial charge in [0.2, 0.25) is 0 Å². The Morgan fingerprint density at radius 1 is 1.00 bits per heavy atom. The fraction of sp³-hybridized carbons (Fsp3) is 0.278. The topological polar surface area (TPSA) is 17.1 Å². The molecule has 1 unspecified atom stereocenters. The number of hydrogen-bond donors (Lipinski definition) is 0. The molecule has 0 spiro atoms. The number of thioether (sulfide) groups is 1. The van der Waals surface area contributed by atoms with Gasteiger partial charge in [-0.15, -0.1) is 11.8 Å². The van der Waals surface area contributed by atoms with Crippen LogP contribution in [0.2, 0.25) is 0 Å². The third kappa shape index (κ3) is 3.51. The van der Waals surface area contributed by atoms with E-state index >= 15 is 0 Å². The van der Waals surface area contributed by atoms with Crippen LogP contribution in [0.1, 0.15) is 42.1 Å². The molecule has 104 valence electrons. The molecule has 0 bridgehead atoms. The van der Waals surface area contributed by atoms with Crippen LogP contribution in [0.4, 0.5) is 0 Å². The second-order valence-electron chi connectivity index (χ2n) is 4.69. The molecular weight excluding hydrogens is 264 g/mol. The van der Waals surface area contributed by atoms with Gasteiger partial charge in [-0.2, -0.15) is 0 Å². The Hall–Kier alpha value is -1.54. The Morgan fingerprint density at radius 2 is 1.65 bits per heavy atom. The van der Waals surface area contributed by atoms with Crippen molar-refractivity contribution < 1.29 is 4.79 Å². The zero-order valence-corrected chi connectivity index (χ0v) is 12.8. The lowest BCUT2D eigenvalue weighted by atomic mass is 9.89. The molecule has 0 saturated carbocycles. The van der Waals surface area contributed by atoms with Crippen molar-refractivity contribution in [2.24, 2.45) is 0 Å². The van der Waals surface area contributed by atoms with Crippen molar-refractivity contribution in [3.63, 3.8) is 0 Å². The van der Waals surface area contributed by atoms with E-state index in [1.807, 2.05) is 54.6 Å². The van der Waals surface area contributed by atoms with Gasteiger partial charge in [-0.1, -0.05) is 56.3 Å². The summed E-state index contributed by atoms with van der Waals surface area (Å²) >= 11 is 1.79. The molecule has 1 nitrogen and oxygen atoms in total. The van der Waals surface area contributed by atoms with Gasteiger partial charge in [0.25, 0.3) is 0 Å². The lowest BCUT2D eigenvalue weighted by molar-refractivity contribution is 0.0957. The van der Waals surface area contributed by atoms with Crippen LogP contribution in [0.5, 0.6) is 0 Å². The maximum atomic E-state index is 12.6. The second-order valence-corrected chi connectivity index (χ2v) is 6.03. The van der Waals surface area contributed by atoms with Crippen molar-refractivity contribution in [3.8, 4) is 0 Å². The van der Waals surface area contributed by atoms with E-state index in [9.17, 15) is 4.79 Å². The zero-order valence-electron chi connectivity index (χ0n) is 12.0. The monoisotopic (exact) mass is 284 g/mol. The summed E-state index contributed by atoms with van der Waals surface area (Å²) < 4.78 is 0. The highest BCUT2D eigenvalue weighted by molar-refractivity contribution is 7.99. The van der Waals surface area contributed by atoms with E-state index in [1.54, 1.807) is 11.8 Å². The number of ketones is 1. The number of rotatable bonds is 6. The second kappa shape index (κ2) is 7.30. The van der Waals surface area contributed by atoms with Crippen molar-refractivity contribution in [2.75, 3.05) is 5.75 Å². The summed E-state index contributed by atoms with van der Waals surface area (Å²) in [5, 5.41) is 0. The zero-order chi connectivity index (χ0) is 14.4. The summed E-state index contributed by atoms with van der Waals surface area (Å²) in [5.74, 6) is 1.22. The van der Waals surface area contributed by atoms with Gasteiger partial charge in [0.15, 0.2) is 5.78 Å². The molecular formula is C18H20OS. The van der Waals surface area contributed by atoms with Gasteiger partial charge < -0.3 is 0 Å². The van der Waals surface area contributed by atoms with Gasteiger partial charge in [-0.3, -0.25) is 4.79 Å². The number of benzene rings is 2. The van der Waals surface area contributed by atoms with E-state index in [0.29, 0.717) is 0 Å². The molecule has 20 heavy (non-hydrogen) atoms. The molecule has 0 aromatic heterocycles. The summed E-state index contributed by atoms with van der Waals surface area (Å²) in [6.07, 6.45) is 0.828. The van der Waals surface area contributed by atoms with Crippen LogP contribution < -0.4 is 0 Å². The number of carbonyl (C=O) groups excluding carboxylic acids is 1.